The largest absolute Gasteiger partial charge is 0.508 e. The summed E-state index contributed by atoms with van der Waals surface area (Å²) >= 11 is 0. The number of aromatic hydroxyl groups is 1. The van der Waals surface area contributed by atoms with Gasteiger partial charge in [-0.15, -0.1) is 0 Å². The summed E-state index contributed by atoms with van der Waals surface area (Å²) in [5, 5.41) is 30.8. The highest BCUT2D eigenvalue weighted by molar-refractivity contribution is 5.90. The highest BCUT2D eigenvalue weighted by Crippen LogP contribution is 2.55. The second kappa shape index (κ2) is 14.0. The van der Waals surface area contributed by atoms with Crippen LogP contribution in [0.4, 0.5) is 0 Å². The number of aliphatic hydroxyl groups is 1. The third-order valence-electron chi connectivity index (χ3n) is 9.43. The van der Waals surface area contributed by atoms with Gasteiger partial charge < -0.3 is 63.8 Å². The molecular weight excluding hydrogens is 686 g/mol. The molecule has 16 heteroatoms. The minimum absolute atomic E-state index is 0.0240. The van der Waals surface area contributed by atoms with E-state index in [1.165, 1.54) is 6.26 Å². The van der Waals surface area contributed by atoms with E-state index in [0.717, 1.165) is 5.56 Å². The Morgan fingerprint density at radius 1 is 0.923 bits per heavy atom. The SMILES string of the molecule is NCCO[C@@H]1O[C@H](COC(=O)CC(=O)O)[C@@H](O)[C@@H]2O/C=C\[C@H](c3cccc(O)c3)c3cc4c(cc3OO[C@@H]12)[C@H]1Oc2cc3c(cc2[C@H]1CO4)OCO3. The number of hydrogen-bond donors (Lipinski definition) is 4. The number of phenols is 1. The molecule has 5 heterocycles. The molecule has 3 aromatic rings. The van der Waals surface area contributed by atoms with Crippen LogP contribution in [0.3, 0.4) is 0 Å². The van der Waals surface area contributed by atoms with Gasteiger partial charge in [0.05, 0.1) is 25.4 Å². The van der Waals surface area contributed by atoms with E-state index in [2.05, 4.69) is 0 Å². The summed E-state index contributed by atoms with van der Waals surface area (Å²) in [6, 6.07) is 14.0. The molecule has 16 nitrogen and oxygen atoms in total. The predicted molar refractivity (Wildman–Crippen MR) is 173 cm³/mol. The van der Waals surface area contributed by atoms with Crippen molar-refractivity contribution >= 4 is 11.9 Å². The zero-order chi connectivity index (χ0) is 35.9. The van der Waals surface area contributed by atoms with Crippen LogP contribution in [0.25, 0.3) is 0 Å². The Kier molecular flexibility index (Phi) is 9.15. The van der Waals surface area contributed by atoms with Crippen molar-refractivity contribution in [1.29, 1.82) is 0 Å². The molecular formula is C36H35NO15. The van der Waals surface area contributed by atoms with Gasteiger partial charge in [0.1, 0.15) is 48.6 Å². The number of ether oxygens (including phenoxy) is 8. The summed E-state index contributed by atoms with van der Waals surface area (Å²) in [4.78, 5) is 35.1. The molecule has 0 aromatic heterocycles. The molecule has 1 fully saturated rings. The Morgan fingerprint density at radius 2 is 1.73 bits per heavy atom. The molecule has 0 radical (unpaired) electrons. The van der Waals surface area contributed by atoms with Crippen molar-refractivity contribution in [3.8, 4) is 34.5 Å². The maximum Gasteiger partial charge on any atom is 0.317 e. The number of carbonyl (C=O) groups is 2. The summed E-state index contributed by atoms with van der Waals surface area (Å²) in [7, 11) is 0. The second-order valence-electron chi connectivity index (χ2n) is 12.7. The average Bonchev–Trinajstić information content (AvgIpc) is 3.74. The first-order valence-corrected chi connectivity index (χ1v) is 16.6. The molecule has 8 rings (SSSR count). The summed E-state index contributed by atoms with van der Waals surface area (Å²) in [6.45, 7) is 0.114. The second-order valence-corrected chi connectivity index (χ2v) is 12.7. The number of carbonyl (C=O) groups excluding carboxylic acids is 1. The number of fused-ring (bicyclic) bond motifs is 8. The molecule has 8 atom stereocenters. The fraction of sp³-hybridized carbons (Fsp3) is 0.389. The molecule has 5 aliphatic heterocycles. The number of benzene rings is 3. The number of nitrogens with two attached hydrogens (primary N) is 1. The fourth-order valence-electron chi connectivity index (χ4n) is 6.99. The molecule has 0 saturated carbocycles. The van der Waals surface area contributed by atoms with Crippen LogP contribution in [0.5, 0.6) is 34.5 Å². The number of phenolic OH excluding ortho intramolecular Hbond substituents is 1. The lowest BCUT2D eigenvalue weighted by Crippen LogP contribution is -2.61. The van der Waals surface area contributed by atoms with E-state index < -0.39 is 67.7 Å². The van der Waals surface area contributed by atoms with Crippen LogP contribution in [0, 0.1) is 0 Å². The predicted octanol–water partition coefficient (Wildman–Crippen LogP) is 2.53. The normalized spacial score (nSPS) is 28.5. The number of allylic oxidation sites excluding steroid dienone is 1. The smallest absolute Gasteiger partial charge is 0.317 e. The van der Waals surface area contributed by atoms with E-state index in [1.54, 1.807) is 30.3 Å². The third-order valence-corrected chi connectivity index (χ3v) is 9.43. The Hall–Kier alpha value is -5.26. The Morgan fingerprint density at radius 3 is 2.54 bits per heavy atom. The zero-order valence-corrected chi connectivity index (χ0v) is 27.5. The highest BCUT2D eigenvalue weighted by Gasteiger charge is 2.50. The number of aliphatic hydroxyl groups excluding tert-OH is 1. The lowest BCUT2D eigenvalue weighted by molar-refractivity contribution is -0.372. The van der Waals surface area contributed by atoms with Gasteiger partial charge in [0.2, 0.25) is 6.79 Å². The molecule has 0 unspecified atom stereocenters. The molecule has 5 aliphatic rings. The number of aliphatic carboxylic acids is 1. The van der Waals surface area contributed by atoms with Crippen LogP contribution < -0.4 is 29.6 Å². The van der Waals surface area contributed by atoms with Crippen LogP contribution in [-0.4, -0.2) is 91.1 Å². The number of hydrogen-bond acceptors (Lipinski definition) is 15. The van der Waals surface area contributed by atoms with Gasteiger partial charge in [0.25, 0.3) is 0 Å². The quantitative estimate of drug-likeness (QED) is 0.149. The molecule has 0 amide bonds. The Balaban J connectivity index is 1.15. The van der Waals surface area contributed by atoms with E-state index in [-0.39, 0.29) is 37.4 Å². The molecule has 52 heavy (non-hydrogen) atoms. The van der Waals surface area contributed by atoms with Crippen molar-refractivity contribution in [2.24, 2.45) is 5.73 Å². The van der Waals surface area contributed by atoms with E-state index >= 15 is 0 Å². The molecule has 0 aliphatic carbocycles. The first kappa shape index (κ1) is 33.9. The Labute approximate surface area is 296 Å². The summed E-state index contributed by atoms with van der Waals surface area (Å²) < 4.78 is 46.9. The monoisotopic (exact) mass is 721 g/mol. The topological polar surface area (TPSA) is 213 Å². The van der Waals surface area contributed by atoms with Gasteiger partial charge >= 0.3 is 11.9 Å². The van der Waals surface area contributed by atoms with Crippen molar-refractivity contribution in [3.05, 3.63) is 83.1 Å². The van der Waals surface area contributed by atoms with E-state index in [0.29, 0.717) is 46.3 Å². The van der Waals surface area contributed by atoms with Gasteiger partial charge in [-0.2, -0.15) is 4.89 Å². The van der Waals surface area contributed by atoms with Crippen LogP contribution in [0.1, 0.15) is 46.6 Å². The average molecular weight is 722 g/mol. The maximum atomic E-state index is 12.0. The van der Waals surface area contributed by atoms with Crippen molar-refractivity contribution in [1.82, 2.24) is 0 Å². The molecule has 0 spiro atoms. The van der Waals surface area contributed by atoms with Gasteiger partial charge in [-0.05, 0) is 42.0 Å². The lowest BCUT2D eigenvalue weighted by Gasteiger charge is -2.42. The van der Waals surface area contributed by atoms with Crippen LogP contribution in [-0.2, 0) is 33.4 Å². The molecule has 1 saturated heterocycles. The van der Waals surface area contributed by atoms with Crippen molar-refractivity contribution < 1.29 is 72.6 Å². The molecule has 0 bridgehead atoms. The summed E-state index contributed by atoms with van der Waals surface area (Å²) in [5.74, 6) is -0.363. The summed E-state index contributed by atoms with van der Waals surface area (Å²) in [6.07, 6.45) is -4.51. The number of rotatable bonds is 8. The third kappa shape index (κ3) is 6.39. The summed E-state index contributed by atoms with van der Waals surface area (Å²) in [5.41, 5.74) is 8.60. The Bertz CT molecular complexity index is 1880. The minimum atomic E-state index is -1.47. The minimum Gasteiger partial charge on any atom is -0.508 e. The van der Waals surface area contributed by atoms with E-state index in [1.807, 2.05) is 24.3 Å². The lowest BCUT2D eigenvalue weighted by atomic mass is 9.85. The van der Waals surface area contributed by atoms with Crippen molar-refractivity contribution in [2.45, 2.75) is 55.1 Å². The highest BCUT2D eigenvalue weighted by atomic mass is 17.2. The fourth-order valence-corrected chi connectivity index (χ4v) is 6.99. The van der Waals surface area contributed by atoms with E-state index in [9.17, 15) is 19.8 Å². The van der Waals surface area contributed by atoms with Crippen LogP contribution in [0.2, 0.25) is 0 Å². The maximum absolute atomic E-state index is 12.0. The number of carboxylic acids is 1. The van der Waals surface area contributed by atoms with Crippen molar-refractivity contribution in [2.75, 3.05) is 33.2 Å². The van der Waals surface area contributed by atoms with Gasteiger partial charge in [0, 0.05) is 35.2 Å². The van der Waals surface area contributed by atoms with Gasteiger partial charge in [-0.25, -0.2) is 0 Å². The van der Waals surface area contributed by atoms with Gasteiger partial charge in [0.15, 0.2) is 35.7 Å². The molecule has 5 N–H and O–H groups in total. The van der Waals surface area contributed by atoms with Crippen LogP contribution in [0.15, 0.2) is 60.9 Å². The van der Waals surface area contributed by atoms with Crippen molar-refractivity contribution in [3.63, 3.8) is 0 Å². The standard InChI is InChI=1S/C36H35NO15/c37-5-7-44-36-35-34(32(42)29(50-36)15-46-31(41)13-30(39)40)43-6-4-19(17-2-1-3-18(38)8-17)20-9-24-22(11-26(20)51-52-35)33-23(14-45-24)21-10-27-28(48-16-47-27)12-25(21)49-33/h1-4,6,8-12,19,23,29,32-36,38,42H,5,7,13-16,37H2,(H,39,40)/b6-4-/t19-,23-,29-,32-,33-,34+,35-,36-/m1/s1. The number of carboxylic acid groups (broad SMARTS) is 1. The first-order valence-electron chi connectivity index (χ1n) is 16.6. The van der Waals surface area contributed by atoms with Gasteiger partial charge in [-0.3, -0.25) is 9.59 Å². The van der Waals surface area contributed by atoms with Gasteiger partial charge in [-0.1, -0.05) is 12.1 Å². The number of esters is 1. The molecule has 3 aromatic carbocycles. The molecule has 274 valence electrons. The first-order chi connectivity index (χ1) is 25.3. The van der Waals surface area contributed by atoms with Crippen LogP contribution >= 0.6 is 0 Å². The zero-order valence-electron chi connectivity index (χ0n) is 27.5. The van der Waals surface area contributed by atoms with E-state index in [4.69, 9.17) is 58.5 Å².